The lowest BCUT2D eigenvalue weighted by molar-refractivity contribution is -0.111. The number of anilines is 1. The first-order chi connectivity index (χ1) is 11.9. The van der Waals surface area contributed by atoms with Gasteiger partial charge in [-0.05, 0) is 74.2 Å². The van der Waals surface area contributed by atoms with Crippen LogP contribution in [-0.4, -0.2) is 20.1 Å². The van der Waals surface area contributed by atoms with E-state index in [1.807, 2.05) is 31.2 Å². The zero-order valence-corrected chi connectivity index (χ0v) is 18.6. The number of hydrogen-bond donors (Lipinski definition) is 1. The Hall–Kier alpha value is -1.31. The van der Waals surface area contributed by atoms with Crippen molar-refractivity contribution in [1.29, 1.82) is 0 Å². The normalized spacial score (nSPS) is 10.8. The predicted molar refractivity (Wildman–Crippen MR) is 111 cm³/mol. The van der Waals surface area contributed by atoms with E-state index in [1.54, 1.807) is 20.3 Å². The van der Waals surface area contributed by atoms with E-state index in [1.165, 1.54) is 6.08 Å². The number of halogens is 3. The van der Waals surface area contributed by atoms with Gasteiger partial charge in [-0.25, -0.2) is 0 Å². The van der Waals surface area contributed by atoms with Crippen LogP contribution >= 0.6 is 47.8 Å². The van der Waals surface area contributed by atoms with Crippen molar-refractivity contribution in [2.45, 2.75) is 6.92 Å². The van der Waals surface area contributed by atoms with Crippen LogP contribution < -0.4 is 14.8 Å². The second-order valence-electron chi connectivity index (χ2n) is 5.06. The second-order valence-corrected chi connectivity index (χ2v) is 7.50. The van der Waals surface area contributed by atoms with Gasteiger partial charge in [0.15, 0.2) is 5.75 Å². The van der Waals surface area contributed by atoms with E-state index in [0.29, 0.717) is 16.0 Å². The Labute approximate surface area is 172 Å². The van der Waals surface area contributed by atoms with E-state index in [2.05, 4.69) is 53.1 Å². The third-order valence-electron chi connectivity index (χ3n) is 3.52. The fourth-order valence-corrected chi connectivity index (χ4v) is 4.01. The van der Waals surface area contributed by atoms with Gasteiger partial charge in [0.25, 0.3) is 0 Å². The molecule has 132 valence electrons. The summed E-state index contributed by atoms with van der Waals surface area (Å²) < 4.78 is 13.1. The minimum absolute atomic E-state index is 0.228. The van der Waals surface area contributed by atoms with Crippen LogP contribution in [0.3, 0.4) is 0 Å². The van der Waals surface area contributed by atoms with Crippen molar-refractivity contribution in [1.82, 2.24) is 0 Å². The van der Waals surface area contributed by atoms with Gasteiger partial charge in [-0.2, -0.15) is 0 Å². The van der Waals surface area contributed by atoms with Crippen LogP contribution in [0.1, 0.15) is 11.1 Å². The molecule has 25 heavy (non-hydrogen) atoms. The molecular weight excluding hydrogens is 518 g/mol. The quantitative estimate of drug-likeness (QED) is 0.483. The molecule has 0 heterocycles. The lowest BCUT2D eigenvalue weighted by Crippen LogP contribution is -2.09. The number of carbonyl (C=O) groups excluding carboxylic acids is 1. The van der Waals surface area contributed by atoms with Crippen LogP contribution in [0.2, 0.25) is 0 Å². The minimum atomic E-state index is -0.228. The van der Waals surface area contributed by atoms with Gasteiger partial charge in [0.05, 0.1) is 18.7 Å². The maximum absolute atomic E-state index is 12.2. The minimum Gasteiger partial charge on any atom is -0.495 e. The maximum Gasteiger partial charge on any atom is 0.248 e. The summed E-state index contributed by atoms with van der Waals surface area (Å²) in [6.07, 6.45) is 3.16. The molecule has 0 aliphatic carbocycles. The lowest BCUT2D eigenvalue weighted by Gasteiger charge is -2.13. The Morgan fingerprint density at radius 2 is 1.84 bits per heavy atom. The molecule has 1 amide bonds. The molecule has 2 aromatic rings. The van der Waals surface area contributed by atoms with E-state index < -0.39 is 0 Å². The first-order valence-corrected chi connectivity index (χ1v) is 9.61. The van der Waals surface area contributed by atoms with Crippen molar-refractivity contribution in [2.75, 3.05) is 19.5 Å². The largest absolute Gasteiger partial charge is 0.495 e. The molecule has 0 unspecified atom stereocenters. The van der Waals surface area contributed by atoms with Crippen molar-refractivity contribution in [3.8, 4) is 11.5 Å². The molecule has 4 nitrogen and oxygen atoms in total. The Kier molecular flexibility index (Phi) is 7.10. The van der Waals surface area contributed by atoms with Crippen LogP contribution in [0.15, 0.2) is 43.8 Å². The Balaban J connectivity index is 2.26. The highest BCUT2D eigenvalue weighted by Crippen LogP contribution is 2.42. The van der Waals surface area contributed by atoms with Crippen molar-refractivity contribution in [2.24, 2.45) is 0 Å². The monoisotopic (exact) mass is 531 g/mol. The van der Waals surface area contributed by atoms with E-state index in [4.69, 9.17) is 9.47 Å². The van der Waals surface area contributed by atoms with Gasteiger partial charge >= 0.3 is 0 Å². The first kappa shape index (κ1) is 20.0. The molecule has 0 saturated heterocycles. The molecule has 0 atom stereocenters. The number of methoxy groups -OCH3 is 2. The fourth-order valence-electron chi connectivity index (χ4n) is 2.14. The van der Waals surface area contributed by atoms with Crippen molar-refractivity contribution < 1.29 is 14.3 Å². The highest BCUT2D eigenvalue weighted by atomic mass is 79.9. The molecule has 0 spiro atoms. The summed E-state index contributed by atoms with van der Waals surface area (Å²) in [4.78, 5) is 12.2. The van der Waals surface area contributed by atoms with E-state index in [0.717, 1.165) is 25.8 Å². The van der Waals surface area contributed by atoms with Gasteiger partial charge in [-0.1, -0.05) is 22.0 Å². The summed E-state index contributed by atoms with van der Waals surface area (Å²) in [6.45, 7) is 1.93. The maximum atomic E-state index is 12.2. The molecule has 0 saturated carbocycles. The van der Waals surface area contributed by atoms with Crippen molar-refractivity contribution >= 4 is 65.5 Å². The van der Waals surface area contributed by atoms with Gasteiger partial charge in [0.2, 0.25) is 5.91 Å². The number of rotatable bonds is 5. The lowest BCUT2D eigenvalue weighted by atomic mass is 10.1. The molecule has 1 N–H and O–H groups in total. The molecule has 0 fully saturated rings. The summed E-state index contributed by atoms with van der Waals surface area (Å²) in [7, 11) is 3.14. The van der Waals surface area contributed by atoms with Crippen LogP contribution in [0.25, 0.3) is 6.08 Å². The number of hydrogen-bond acceptors (Lipinski definition) is 3. The number of nitrogens with one attached hydrogen (secondary N) is 1. The second kappa shape index (κ2) is 8.87. The van der Waals surface area contributed by atoms with Crippen molar-refractivity contribution in [3.05, 3.63) is 54.9 Å². The summed E-state index contributed by atoms with van der Waals surface area (Å²) in [5, 5.41) is 2.87. The van der Waals surface area contributed by atoms with Gasteiger partial charge in [-0.15, -0.1) is 0 Å². The van der Waals surface area contributed by atoms with Crippen LogP contribution in [-0.2, 0) is 4.79 Å². The zero-order chi connectivity index (χ0) is 18.6. The highest BCUT2D eigenvalue weighted by molar-refractivity contribution is 9.11. The van der Waals surface area contributed by atoms with E-state index in [9.17, 15) is 4.79 Å². The third kappa shape index (κ3) is 4.65. The van der Waals surface area contributed by atoms with Gasteiger partial charge in [0, 0.05) is 16.2 Å². The number of carbonyl (C=O) groups is 1. The smallest absolute Gasteiger partial charge is 0.248 e. The van der Waals surface area contributed by atoms with Gasteiger partial charge in [0.1, 0.15) is 10.2 Å². The van der Waals surface area contributed by atoms with Crippen LogP contribution in [0.4, 0.5) is 5.69 Å². The summed E-state index contributed by atoms with van der Waals surface area (Å²) in [5.41, 5.74) is 2.49. The molecule has 0 bridgehead atoms. The fraction of sp³-hybridized carbons (Fsp3) is 0.167. The summed E-state index contributed by atoms with van der Waals surface area (Å²) in [6, 6.07) is 7.47. The average molecular weight is 534 g/mol. The first-order valence-electron chi connectivity index (χ1n) is 7.23. The topological polar surface area (TPSA) is 47.6 Å². The summed E-state index contributed by atoms with van der Waals surface area (Å²) in [5.74, 6) is 0.985. The third-order valence-corrected chi connectivity index (χ3v) is 5.95. The molecule has 0 aromatic heterocycles. The standard InChI is InChI=1S/C18H16Br3NO3/c1-10-12(19)5-4-6-13(10)22-15(23)8-7-11-9-14(24-2)17(21)18(25-3)16(11)20/h4-9H,1-3H3,(H,22,23)/b8-7+. The molecule has 2 aromatic carbocycles. The molecule has 0 aliphatic heterocycles. The molecular formula is C18H16Br3NO3. The number of ether oxygens (including phenoxy) is 2. The molecule has 2 rings (SSSR count). The predicted octanol–water partition coefficient (Wildman–Crippen LogP) is 5.95. The van der Waals surface area contributed by atoms with E-state index >= 15 is 0 Å². The molecule has 7 heteroatoms. The van der Waals surface area contributed by atoms with Crippen molar-refractivity contribution in [3.63, 3.8) is 0 Å². The van der Waals surface area contributed by atoms with Crippen LogP contribution in [0, 0.1) is 6.92 Å². The van der Waals surface area contributed by atoms with Gasteiger partial charge in [-0.3, -0.25) is 4.79 Å². The number of benzene rings is 2. The highest BCUT2D eigenvalue weighted by Gasteiger charge is 2.15. The Morgan fingerprint density at radius 1 is 1.12 bits per heavy atom. The van der Waals surface area contributed by atoms with Crippen LogP contribution in [0.5, 0.6) is 11.5 Å². The van der Waals surface area contributed by atoms with Gasteiger partial charge < -0.3 is 14.8 Å². The van der Waals surface area contributed by atoms with E-state index in [-0.39, 0.29) is 5.91 Å². The Bertz CT molecular complexity index is 835. The average Bonchev–Trinajstić information content (AvgIpc) is 2.59. The molecule has 0 radical (unpaired) electrons. The SMILES string of the molecule is COc1cc(/C=C/C(=O)Nc2cccc(Br)c2C)c(Br)c(OC)c1Br. The zero-order valence-electron chi connectivity index (χ0n) is 13.8. The molecule has 0 aliphatic rings. The number of amides is 1. The Morgan fingerprint density at radius 3 is 2.48 bits per heavy atom. The summed E-state index contributed by atoms with van der Waals surface area (Å²) >= 11 is 10.4.